The van der Waals surface area contributed by atoms with E-state index in [0.29, 0.717) is 17.2 Å². The van der Waals surface area contributed by atoms with Crippen molar-refractivity contribution in [3.05, 3.63) is 200 Å². The van der Waals surface area contributed by atoms with Gasteiger partial charge in [-0.2, -0.15) is 4.57 Å². The Labute approximate surface area is 308 Å². The summed E-state index contributed by atoms with van der Waals surface area (Å²) in [4.78, 5) is 0. The van der Waals surface area contributed by atoms with Crippen LogP contribution in [0.5, 0.6) is 17.2 Å². The van der Waals surface area contributed by atoms with Gasteiger partial charge in [-0.1, -0.05) is 182 Å². The zero-order chi connectivity index (χ0) is 35.6. The van der Waals surface area contributed by atoms with E-state index in [1.165, 1.54) is 0 Å². The fourth-order valence-electron chi connectivity index (χ4n) is 6.95. The Balaban J connectivity index is 1.31. The van der Waals surface area contributed by atoms with Crippen LogP contribution >= 0.6 is 7.82 Å². The quantitative estimate of drug-likeness (QED) is 0.140. The molecule has 0 spiro atoms. The second kappa shape index (κ2) is 13.8. The number of hydrogen-bond acceptors (Lipinski definition) is 4. The minimum absolute atomic E-state index is 0.403. The lowest BCUT2D eigenvalue weighted by atomic mass is 10.00. The molecule has 0 saturated carbocycles. The highest BCUT2D eigenvalue weighted by molar-refractivity contribution is 7.49. The Morgan fingerprint density at radius 1 is 0.283 bits per heavy atom. The number of hydrogen-bond donors (Lipinski definition) is 0. The summed E-state index contributed by atoms with van der Waals surface area (Å²) in [6.07, 6.45) is 0. The topological polar surface area (TPSA) is 44.8 Å². The van der Waals surface area contributed by atoms with E-state index in [-0.39, 0.29) is 0 Å². The van der Waals surface area contributed by atoms with Gasteiger partial charge in [-0.15, -0.1) is 0 Å². The SMILES string of the molecule is O=P(Oc1c(-c2ccccc2)ccc2ccccc12)(Oc1c(-c2ccccc2)ccc2ccccc12)Oc1c(-c2ccccc2)ccc2ccccc12. The van der Waals surface area contributed by atoms with Gasteiger partial charge < -0.3 is 13.6 Å². The largest absolute Gasteiger partial charge is 0.647 e. The molecule has 0 aliphatic heterocycles. The number of fused-ring (bicyclic) bond motifs is 3. The molecule has 0 heterocycles. The number of benzene rings is 9. The van der Waals surface area contributed by atoms with Crippen molar-refractivity contribution < 1.29 is 18.1 Å². The molecule has 0 aliphatic rings. The molecule has 0 fully saturated rings. The van der Waals surface area contributed by atoms with Gasteiger partial charge in [0, 0.05) is 32.8 Å². The summed E-state index contributed by atoms with van der Waals surface area (Å²) in [5, 5.41) is 5.13. The first-order chi connectivity index (χ1) is 26.1. The predicted molar refractivity (Wildman–Crippen MR) is 218 cm³/mol. The van der Waals surface area contributed by atoms with E-state index in [2.05, 4.69) is 0 Å². The highest BCUT2D eigenvalue weighted by atomic mass is 31.2. The van der Waals surface area contributed by atoms with E-state index < -0.39 is 7.82 Å². The number of rotatable bonds is 9. The van der Waals surface area contributed by atoms with Crippen molar-refractivity contribution in [2.45, 2.75) is 0 Å². The first-order valence-corrected chi connectivity index (χ1v) is 19.0. The maximum absolute atomic E-state index is 16.1. The Bertz CT molecular complexity index is 2480. The molecule has 9 aromatic rings. The van der Waals surface area contributed by atoms with Gasteiger partial charge in [0.2, 0.25) is 0 Å². The first kappa shape index (κ1) is 32.3. The van der Waals surface area contributed by atoms with Gasteiger partial charge >= 0.3 is 7.82 Å². The monoisotopic (exact) mass is 704 g/mol. The lowest BCUT2D eigenvalue weighted by molar-refractivity contribution is 0.303. The number of phosphoric acid groups is 1. The van der Waals surface area contributed by atoms with Crippen LogP contribution < -0.4 is 13.6 Å². The third-order valence-electron chi connectivity index (χ3n) is 9.50. The summed E-state index contributed by atoms with van der Waals surface area (Å²) in [6.45, 7) is 0. The highest BCUT2D eigenvalue weighted by Crippen LogP contribution is 2.57. The summed E-state index contributed by atoms with van der Waals surface area (Å²) in [6, 6.07) is 65.8. The molecule has 254 valence electrons. The molecule has 0 aromatic heterocycles. The average molecular weight is 705 g/mol. The Morgan fingerprint density at radius 2 is 0.547 bits per heavy atom. The summed E-state index contributed by atoms with van der Waals surface area (Å²) >= 11 is 0. The number of phosphoric ester groups is 1. The van der Waals surface area contributed by atoms with Crippen molar-refractivity contribution in [2.24, 2.45) is 0 Å². The van der Waals surface area contributed by atoms with Gasteiger partial charge in [-0.25, -0.2) is 0 Å². The molecular weight excluding hydrogens is 671 g/mol. The summed E-state index contributed by atoms with van der Waals surface area (Å²) in [7, 11) is -4.64. The third kappa shape index (κ3) is 6.31. The van der Waals surface area contributed by atoms with Crippen molar-refractivity contribution in [3.8, 4) is 50.6 Å². The molecule has 9 rings (SSSR count). The molecule has 0 bridgehead atoms. The zero-order valence-corrected chi connectivity index (χ0v) is 29.5. The first-order valence-electron chi connectivity index (χ1n) is 17.5. The zero-order valence-electron chi connectivity index (χ0n) is 28.6. The van der Waals surface area contributed by atoms with E-state index >= 15 is 4.57 Å². The van der Waals surface area contributed by atoms with Gasteiger partial charge in [0.25, 0.3) is 0 Å². The summed E-state index contributed by atoms with van der Waals surface area (Å²) in [5.74, 6) is 1.21. The fourth-order valence-corrected chi connectivity index (χ4v) is 8.32. The van der Waals surface area contributed by atoms with Gasteiger partial charge in [0.1, 0.15) is 17.2 Å². The van der Waals surface area contributed by atoms with Gasteiger partial charge in [-0.05, 0) is 51.0 Å². The minimum atomic E-state index is -4.64. The van der Waals surface area contributed by atoms with Crippen LogP contribution in [0.15, 0.2) is 200 Å². The van der Waals surface area contributed by atoms with Crippen LogP contribution in [-0.4, -0.2) is 0 Å². The smallest absolute Gasteiger partial charge is 0.385 e. The van der Waals surface area contributed by atoms with Gasteiger partial charge in [-0.3, -0.25) is 0 Å². The second-order valence-electron chi connectivity index (χ2n) is 12.8. The lowest BCUT2D eigenvalue weighted by Crippen LogP contribution is -2.10. The summed E-state index contributed by atoms with van der Waals surface area (Å²) in [5.41, 5.74) is 5.01. The molecule has 4 nitrogen and oxygen atoms in total. The van der Waals surface area contributed by atoms with Crippen LogP contribution in [0.4, 0.5) is 0 Å². The molecule has 53 heavy (non-hydrogen) atoms. The molecule has 0 unspecified atom stereocenters. The molecule has 5 heteroatoms. The van der Waals surface area contributed by atoms with Crippen molar-refractivity contribution >= 4 is 40.1 Å². The molecule has 0 amide bonds. The van der Waals surface area contributed by atoms with Gasteiger partial charge in [0.15, 0.2) is 0 Å². The second-order valence-corrected chi connectivity index (χ2v) is 14.3. The molecule has 0 N–H and O–H groups in total. The van der Waals surface area contributed by atoms with E-state index in [4.69, 9.17) is 13.6 Å². The Hall–Kier alpha value is -6.61. The molecular formula is C48H33O4P. The van der Waals surface area contributed by atoms with Crippen LogP contribution in [0.2, 0.25) is 0 Å². The van der Waals surface area contributed by atoms with E-state index in [1.807, 2.05) is 200 Å². The standard InChI is InChI=1S/C48H33O4P/c49-53(50-46-40-25-13-10-22-37(40)28-31-43(46)34-16-4-1-5-17-34,51-47-41-26-14-11-23-38(41)29-32-44(47)35-18-6-2-7-19-35)52-48-42-27-15-12-24-39(42)30-33-45(48)36-20-8-3-9-21-36/h1-33H. The summed E-state index contributed by atoms with van der Waals surface area (Å²) < 4.78 is 36.8. The van der Waals surface area contributed by atoms with E-state index in [1.54, 1.807) is 0 Å². The van der Waals surface area contributed by atoms with Crippen molar-refractivity contribution in [2.75, 3.05) is 0 Å². The van der Waals surface area contributed by atoms with Crippen molar-refractivity contribution in [1.82, 2.24) is 0 Å². The molecule has 0 aliphatic carbocycles. The van der Waals surface area contributed by atoms with E-state index in [9.17, 15) is 0 Å². The van der Waals surface area contributed by atoms with Crippen LogP contribution in [0.1, 0.15) is 0 Å². The molecule has 0 atom stereocenters. The van der Waals surface area contributed by atoms with Crippen LogP contribution in [0, 0.1) is 0 Å². The minimum Gasteiger partial charge on any atom is -0.385 e. The Kier molecular flexibility index (Phi) is 8.44. The predicted octanol–water partition coefficient (Wildman–Crippen LogP) is 13.8. The van der Waals surface area contributed by atoms with Gasteiger partial charge in [0.05, 0.1) is 0 Å². The lowest BCUT2D eigenvalue weighted by Gasteiger charge is -2.25. The third-order valence-corrected chi connectivity index (χ3v) is 10.7. The Morgan fingerprint density at radius 3 is 0.849 bits per heavy atom. The molecule has 0 radical (unpaired) electrons. The van der Waals surface area contributed by atoms with E-state index in [0.717, 1.165) is 65.7 Å². The average Bonchev–Trinajstić information content (AvgIpc) is 3.22. The maximum Gasteiger partial charge on any atom is 0.647 e. The normalized spacial score (nSPS) is 11.5. The highest BCUT2D eigenvalue weighted by Gasteiger charge is 2.38. The molecule has 9 aromatic carbocycles. The maximum atomic E-state index is 16.1. The van der Waals surface area contributed by atoms with Crippen molar-refractivity contribution in [3.63, 3.8) is 0 Å². The van der Waals surface area contributed by atoms with Crippen molar-refractivity contribution in [1.29, 1.82) is 0 Å². The molecule has 0 saturated heterocycles. The van der Waals surface area contributed by atoms with Crippen LogP contribution in [0.3, 0.4) is 0 Å². The van der Waals surface area contributed by atoms with Crippen LogP contribution in [0.25, 0.3) is 65.7 Å². The van der Waals surface area contributed by atoms with Crippen LogP contribution in [-0.2, 0) is 4.57 Å². The fraction of sp³-hybridized carbons (Fsp3) is 0.